The van der Waals surface area contributed by atoms with Crippen molar-refractivity contribution in [3.8, 4) is 0 Å². The van der Waals surface area contributed by atoms with Gasteiger partial charge in [0.1, 0.15) is 0 Å². The Labute approximate surface area is 118 Å². The number of carbonyl (C=O) groups is 1. The molecule has 0 aromatic heterocycles. The Bertz CT molecular complexity index is 494. The Morgan fingerprint density at radius 2 is 2.20 bits per heavy atom. The summed E-state index contributed by atoms with van der Waals surface area (Å²) in [6.07, 6.45) is 4.66. The SMILES string of the molecule is Nc1cc(C(=O)NC2CC2)ccc1NC[C@@H]1CCCO1. The maximum absolute atomic E-state index is 11.9. The summed E-state index contributed by atoms with van der Waals surface area (Å²) in [7, 11) is 0. The zero-order chi connectivity index (χ0) is 13.9. The molecule has 108 valence electrons. The Balaban J connectivity index is 1.59. The predicted octanol–water partition coefficient (Wildman–Crippen LogP) is 1.75. The van der Waals surface area contributed by atoms with Crippen molar-refractivity contribution in [2.45, 2.75) is 37.8 Å². The van der Waals surface area contributed by atoms with Crippen LogP contribution in [0.1, 0.15) is 36.0 Å². The number of amides is 1. The minimum absolute atomic E-state index is 0.0372. The van der Waals surface area contributed by atoms with Crippen molar-refractivity contribution in [1.82, 2.24) is 5.32 Å². The third-order valence-electron chi connectivity index (χ3n) is 3.77. The minimum atomic E-state index is -0.0372. The van der Waals surface area contributed by atoms with Gasteiger partial charge in [0, 0.05) is 24.8 Å². The monoisotopic (exact) mass is 275 g/mol. The average Bonchev–Trinajstić information content (AvgIpc) is 3.10. The number of anilines is 2. The molecule has 2 fully saturated rings. The summed E-state index contributed by atoms with van der Waals surface area (Å²) >= 11 is 0. The van der Waals surface area contributed by atoms with Gasteiger partial charge in [0.2, 0.25) is 0 Å². The number of hydrogen-bond donors (Lipinski definition) is 3. The number of ether oxygens (including phenoxy) is 1. The Morgan fingerprint density at radius 1 is 1.35 bits per heavy atom. The van der Waals surface area contributed by atoms with E-state index in [4.69, 9.17) is 10.5 Å². The number of hydrogen-bond acceptors (Lipinski definition) is 4. The number of nitrogens with two attached hydrogens (primary N) is 1. The standard InChI is InChI=1S/C15H21N3O2/c16-13-8-10(15(19)18-11-4-5-11)3-6-14(13)17-9-12-2-1-7-20-12/h3,6,8,11-12,17H,1-2,4-5,7,9,16H2,(H,18,19)/t12-/m0/s1. The summed E-state index contributed by atoms with van der Waals surface area (Å²) in [6.45, 7) is 1.61. The topological polar surface area (TPSA) is 76.4 Å². The first-order valence-electron chi connectivity index (χ1n) is 7.28. The van der Waals surface area contributed by atoms with Crippen molar-refractivity contribution < 1.29 is 9.53 Å². The molecule has 4 N–H and O–H groups in total. The molecule has 0 spiro atoms. The van der Waals surface area contributed by atoms with E-state index in [9.17, 15) is 4.79 Å². The fourth-order valence-corrected chi connectivity index (χ4v) is 2.39. The molecule has 1 aromatic carbocycles. The lowest BCUT2D eigenvalue weighted by atomic mass is 10.1. The smallest absolute Gasteiger partial charge is 0.251 e. The lowest BCUT2D eigenvalue weighted by molar-refractivity contribution is 0.0951. The number of benzene rings is 1. The highest BCUT2D eigenvalue weighted by Crippen LogP contribution is 2.23. The van der Waals surface area contributed by atoms with Crippen LogP contribution in [0.4, 0.5) is 11.4 Å². The molecule has 1 aliphatic carbocycles. The number of nitrogens with one attached hydrogen (secondary N) is 2. The first kappa shape index (κ1) is 13.2. The summed E-state index contributed by atoms with van der Waals surface area (Å²) < 4.78 is 5.56. The van der Waals surface area contributed by atoms with Gasteiger partial charge in [-0.1, -0.05) is 0 Å². The van der Waals surface area contributed by atoms with Crippen LogP contribution in [0.2, 0.25) is 0 Å². The van der Waals surface area contributed by atoms with Gasteiger partial charge in [0.15, 0.2) is 0 Å². The second kappa shape index (κ2) is 5.71. The van der Waals surface area contributed by atoms with Gasteiger partial charge in [-0.2, -0.15) is 0 Å². The molecule has 0 unspecified atom stereocenters. The quantitative estimate of drug-likeness (QED) is 0.716. The van der Waals surface area contributed by atoms with Gasteiger partial charge in [-0.3, -0.25) is 4.79 Å². The maximum Gasteiger partial charge on any atom is 0.251 e. The van der Waals surface area contributed by atoms with Crippen LogP contribution in [0.5, 0.6) is 0 Å². The zero-order valence-electron chi connectivity index (χ0n) is 11.5. The molecule has 5 heteroatoms. The summed E-state index contributed by atoms with van der Waals surface area (Å²) in [6, 6.07) is 5.77. The average molecular weight is 275 g/mol. The molecule has 1 heterocycles. The van der Waals surface area contributed by atoms with Crippen molar-refractivity contribution >= 4 is 17.3 Å². The van der Waals surface area contributed by atoms with E-state index in [0.717, 1.165) is 44.5 Å². The highest BCUT2D eigenvalue weighted by molar-refractivity contribution is 5.96. The summed E-state index contributed by atoms with van der Waals surface area (Å²) in [5.74, 6) is -0.0372. The van der Waals surface area contributed by atoms with E-state index < -0.39 is 0 Å². The van der Waals surface area contributed by atoms with Crippen LogP contribution in [-0.4, -0.2) is 31.2 Å². The number of rotatable bonds is 5. The molecule has 0 radical (unpaired) electrons. The molecule has 5 nitrogen and oxygen atoms in total. The molecule has 20 heavy (non-hydrogen) atoms. The molecule has 1 aliphatic heterocycles. The molecule has 1 amide bonds. The van der Waals surface area contributed by atoms with E-state index in [1.54, 1.807) is 6.07 Å². The van der Waals surface area contributed by atoms with Gasteiger partial charge in [0.25, 0.3) is 5.91 Å². The van der Waals surface area contributed by atoms with Crippen LogP contribution >= 0.6 is 0 Å². The van der Waals surface area contributed by atoms with E-state index in [2.05, 4.69) is 10.6 Å². The van der Waals surface area contributed by atoms with Crippen LogP contribution in [-0.2, 0) is 4.74 Å². The summed E-state index contributed by atoms with van der Waals surface area (Å²) in [5, 5.41) is 6.25. The van der Waals surface area contributed by atoms with Crippen molar-refractivity contribution in [2.24, 2.45) is 0 Å². The molecule has 2 aliphatic rings. The van der Waals surface area contributed by atoms with Crippen molar-refractivity contribution in [1.29, 1.82) is 0 Å². The van der Waals surface area contributed by atoms with Crippen LogP contribution in [0.3, 0.4) is 0 Å². The van der Waals surface area contributed by atoms with Crippen molar-refractivity contribution in [3.05, 3.63) is 23.8 Å². The Hall–Kier alpha value is -1.75. The van der Waals surface area contributed by atoms with Crippen molar-refractivity contribution in [2.75, 3.05) is 24.2 Å². The van der Waals surface area contributed by atoms with E-state index in [1.165, 1.54) is 0 Å². The second-order valence-corrected chi connectivity index (χ2v) is 5.57. The van der Waals surface area contributed by atoms with E-state index in [-0.39, 0.29) is 12.0 Å². The Kier molecular flexibility index (Phi) is 3.78. The van der Waals surface area contributed by atoms with Crippen LogP contribution in [0, 0.1) is 0 Å². The van der Waals surface area contributed by atoms with Crippen LogP contribution < -0.4 is 16.4 Å². The fraction of sp³-hybridized carbons (Fsp3) is 0.533. The predicted molar refractivity (Wildman–Crippen MR) is 78.8 cm³/mol. The van der Waals surface area contributed by atoms with Gasteiger partial charge < -0.3 is 21.1 Å². The van der Waals surface area contributed by atoms with Gasteiger partial charge in [-0.15, -0.1) is 0 Å². The van der Waals surface area contributed by atoms with E-state index in [1.807, 2.05) is 12.1 Å². The highest BCUT2D eigenvalue weighted by Gasteiger charge is 2.24. The molecule has 3 rings (SSSR count). The molecular formula is C15H21N3O2. The zero-order valence-corrected chi connectivity index (χ0v) is 11.5. The minimum Gasteiger partial charge on any atom is -0.397 e. The van der Waals surface area contributed by atoms with Gasteiger partial charge in [-0.25, -0.2) is 0 Å². The Morgan fingerprint density at radius 3 is 2.85 bits per heavy atom. The van der Waals surface area contributed by atoms with Gasteiger partial charge >= 0.3 is 0 Å². The third-order valence-corrected chi connectivity index (χ3v) is 3.77. The largest absolute Gasteiger partial charge is 0.397 e. The summed E-state index contributed by atoms with van der Waals surface area (Å²) in [4.78, 5) is 11.9. The molecule has 1 saturated carbocycles. The number of nitrogen functional groups attached to an aromatic ring is 1. The van der Waals surface area contributed by atoms with E-state index in [0.29, 0.717) is 17.3 Å². The summed E-state index contributed by atoms with van der Waals surface area (Å²) in [5.41, 5.74) is 8.10. The van der Waals surface area contributed by atoms with E-state index >= 15 is 0 Å². The first-order chi connectivity index (χ1) is 9.72. The third kappa shape index (κ3) is 3.22. The van der Waals surface area contributed by atoms with Crippen LogP contribution in [0.25, 0.3) is 0 Å². The first-order valence-corrected chi connectivity index (χ1v) is 7.28. The molecule has 1 saturated heterocycles. The van der Waals surface area contributed by atoms with Gasteiger partial charge in [0.05, 0.1) is 17.5 Å². The second-order valence-electron chi connectivity index (χ2n) is 5.57. The fourth-order valence-electron chi connectivity index (χ4n) is 2.39. The normalized spacial score (nSPS) is 21.7. The molecule has 1 aromatic rings. The molecular weight excluding hydrogens is 254 g/mol. The lowest BCUT2D eigenvalue weighted by Crippen LogP contribution is -2.25. The van der Waals surface area contributed by atoms with Gasteiger partial charge in [-0.05, 0) is 43.9 Å². The molecule has 1 atom stereocenters. The molecule has 0 bridgehead atoms. The van der Waals surface area contributed by atoms with Crippen LogP contribution in [0.15, 0.2) is 18.2 Å². The lowest BCUT2D eigenvalue weighted by Gasteiger charge is -2.14. The number of carbonyl (C=O) groups excluding carboxylic acids is 1. The highest BCUT2D eigenvalue weighted by atomic mass is 16.5. The van der Waals surface area contributed by atoms with Crippen molar-refractivity contribution in [3.63, 3.8) is 0 Å². The maximum atomic E-state index is 11.9.